The minimum atomic E-state index is -4.25. The molecule has 4 rings (SSSR count). The number of carbonyl (C=O) groups is 2. The molecule has 0 amide bonds. The van der Waals surface area contributed by atoms with Gasteiger partial charge in [-0.2, -0.15) is 0 Å². The Labute approximate surface area is 281 Å². The fraction of sp³-hybridized carbons (Fsp3) is 0.290. The molecular formula is C31H30N6O10S2. The molecule has 3 N–H and O–H groups in total. The number of carboxylic acids is 2. The number of aromatic amines is 1. The number of rotatable bonds is 9. The first-order valence-corrected chi connectivity index (χ1v) is 17.1. The summed E-state index contributed by atoms with van der Waals surface area (Å²) in [6.45, 7) is 8.47. The van der Waals surface area contributed by atoms with Gasteiger partial charge < -0.3 is 19.7 Å². The molecular weight excluding hydrogens is 681 g/mol. The molecule has 0 bridgehead atoms. The van der Waals surface area contributed by atoms with E-state index < -0.39 is 59.2 Å². The largest absolute Gasteiger partial charge is 0.476 e. The van der Waals surface area contributed by atoms with Crippen LogP contribution >= 0.6 is 0 Å². The fourth-order valence-corrected chi connectivity index (χ4v) is 5.17. The summed E-state index contributed by atoms with van der Waals surface area (Å²) < 4.78 is 60.7. The molecule has 2 heterocycles. The van der Waals surface area contributed by atoms with E-state index in [1.54, 1.807) is 13.0 Å². The number of nitrogens with one attached hydrogen (secondary N) is 1. The Hall–Kier alpha value is -5.72. The highest BCUT2D eigenvalue weighted by Crippen LogP contribution is 2.29. The average molecular weight is 711 g/mol. The normalized spacial score (nSPS) is 11.9. The van der Waals surface area contributed by atoms with E-state index in [1.807, 2.05) is 0 Å². The summed E-state index contributed by atoms with van der Waals surface area (Å²) in [7, 11) is -7.95. The molecule has 256 valence electrons. The molecule has 4 aromatic rings. The number of aromatic nitrogens is 6. The number of sulfone groups is 2. The molecule has 2 aromatic carbocycles. The predicted octanol–water partition coefficient (Wildman–Crippen LogP) is 3.41. The lowest BCUT2D eigenvalue weighted by molar-refractivity contribution is 0.0671. The van der Waals surface area contributed by atoms with Gasteiger partial charge in [0.15, 0.2) is 0 Å². The number of aromatic carboxylic acids is 2. The van der Waals surface area contributed by atoms with Gasteiger partial charge in [0, 0.05) is 21.6 Å². The first-order valence-electron chi connectivity index (χ1n) is 14.1. The molecule has 0 atom stereocenters. The zero-order valence-electron chi connectivity index (χ0n) is 27.0. The molecule has 0 spiro atoms. The van der Waals surface area contributed by atoms with E-state index >= 15 is 0 Å². The summed E-state index contributed by atoms with van der Waals surface area (Å²) in [6.07, 6.45) is 0. The van der Waals surface area contributed by atoms with Gasteiger partial charge in [0.05, 0.1) is 16.0 Å². The number of benzene rings is 2. The van der Waals surface area contributed by atoms with Crippen LogP contribution in [-0.2, 0) is 26.2 Å². The van der Waals surface area contributed by atoms with Crippen molar-refractivity contribution in [3.8, 4) is 45.6 Å². The van der Waals surface area contributed by atoms with Crippen LogP contribution in [0.15, 0.2) is 42.5 Å². The van der Waals surface area contributed by atoms with Crippen molar-refractivity contribution >= 4 is 31.6 Å². The van der Waals surface area contributed by atoms with Gasteiger partial charge in [-0.25, -0.2) is 36.2 Å². The lowest BCUT2D eigenvalue weighted by Gasteiger charge is -2.21. The zero-order valence-corrected chi connectivity index (χ0v) is 28.6. The van der Waals surface area contributed by atoms with Crippen LogP contribution in [0.3, 0.4) is 0 Å². The van der Waals surface area contributed by atoms with Gasteiger partial charge in [-0.15, -0.1) is 0 Å². The van der Waals surface area contributed by atoms with Gasteiger partial charge >= 0.3 is 11.9 Å². The summed E-state index contributed by atoms with van der Waals surface area (Å²) in [5.74, 6) is 1.92. The molecule has 0 radical (unpaired) electrons. The Morgan fingerprint density at radius 2 is 1.51 bits per heavy atom. The van der Waals surface area contributed by atoms with Crippen molar-refractivity contribution < 1.29 is 46.1 Å². The van der Waals surface area contributed by atoms with Gasteiger partial charge in [-0.05, 0) is 95.3 Å². The average Bonchev–Trinajstić information content (AvgIpc) is 3.62. The first kappa shape index (κ1) is 36.1. The minimum absolute atomic E-state index is 0.118. The molecule has 0 saturated carbocycles. The molecule has 0 fully saturated rings. The molecule has 0 unspecified atom stereocenters. The highest BCUT2D eigenvalue weighted by atomic mass is 32.2. The van der Waals surface area contributed by atoms with E-state index in [0.717, 1.165) is 4.68 Å². The maximum Gasteiger partial charge on any atom is 0.359 e. The van der Waals surface area contributed by atoms with E-state index in [9.17, 15) is 36.6 Å². The van der Waals surface area contributed by atoms with Crippen LogP contribution in [0.5, 0.6) is 23.3 Å². The number of nitrogens with zero attached hydrogens (tertiary/aromatic N) is 5. The fourth-order valence-electron chi connectivity index (χ4n) is 3.79. The highest BCUT2D eigenvalue weighted by molar-refractivity contribution is 7.97. The van der Waals surface area contributed by atoms with Gasteiger partial charge in [-0.1, -0.05) is 26.7 Å². The van der Waals surface area contributed by atoms with E-state index in [2.05, 4.69) is 48.1 Å². The van der Waals surface area contributed by atoms with E-state index in [-0.39, 0.29) is 28.6 Å². The van der Waals surface area contributed by atoms with Crippen molar-refractivity contribution in [2.45, 2.75) is 57.6 Å². The first-order chi connectivity index (χ1) is 22.7. The second-order valence-electron chi connectivity index (χ2n) is 12.0. The van der Waals surface area contributed by atoms with Crippen molar-refractivity contribution in [2.24, 2.45) is 0 Å². The summed E-state index contributed by atoms with van der Waals surface area (Å²) in [6, 6.07) is 10.4. The lowest BCUT2D eigenvalue weighted by Crippen LogP contribution is -2.37. The van der Waals surface area contributed by atoms with Gasteiger partial charge in [0.25, 0.3) is 11.8 Å². The van der Waals surface area contributed by atoms with Crippen LogP contribution in [-0.4, -0.2) is 78.9 Å². The molecule has 0 saturated heterocycles. The summed E-state index contributed by atoms with van der Waals surface area (Å²) in [4.78, 5) is 23.5. The third-order valence-electron chi connectivity index (χ3n) is 6.79. The van der Waals surface area contributed by atoms with Crippen LogP contribution in [0.25, 0.3) is 0 Å². The zero-order chi connectivity index (χ0) is 36.4. The van der Waals surface area contributed by atoms with Crippen molar-refractivity contribution in [1.29, 1.82) is 0 Å². The quantitative estimate of drug-likeness (QED) is 0.211. The number of hydrogen-bond acceptors (Lipinski definition) is 12. The number of carboxylic acid groups (broad SMARTS) is 2. The highest BCUT2D eigenvalue weighted by Gasteiger charge is 2.36. The Bertz CT molecular complexity index is 2300. The Morgan fingerprint density at radius 3 is 2.12 bits per heavy atom. The van der Waals surface area contributed by atoms with Crippen LogP contribution < -0.4 is 9.47 Å². The van der Waals surface area contributed by atoms with Crippen molar-refractivity contribution in [3.05, 3.63) is 70.5 Å². The van der Waals surface area contributed by atoms with Gasteiger partial charge in [0.1, 0.15) is 11.5 Å². The second-order valence-corrected chi connectivity index (χ2v) is 16.8. The lowest BCUT2D eigenvalue weighted by atomic mass is 10.1. The summed E-state index contributed by atoms with van der Waals surface area (Å²) >= 11 is 0. The van der Waals surface area contributed by atoms with Crippen molar-refractivity contribution in [3.63, 3.8) is 0 Å². The van der Waals surface area contributed by atoms with Crippen molar-refractivity contribution in [2.75, 3.05) is 0 Å². The van der Waals surface area contributed by atoms with Gasteiger partial charge in [-0.3, -0.25) is 0 Å². The molecule has 0 aliphatic carbocycles. The molecule has 18 heteroatoms. The Morgan fingerprint density at radius 1 is 0.857 bits per heavy atom. The standard InChI is InChI=1S/C31H30N6O10S2/c1-19-16-21(12-14-48(42,43)30(2,3)4)10-11-23(19)47-27-25(29(40)41)37(36-34-27)18-31(5,6)49(44,45)15-13-20-8-7-9-22(17-20)46-26-24(28(38)39)32-35-33-26/h7-11,16-17H,18H2,1-6H3,(H,38,39)(H,40,41)(H,32,33,35). The summed E-state index contributed by atoms with van der Waals surface area (Å²) in [5.41, 5.74) is 0.182. The number of hydrogen-bond donors (Lipinski definition) is 3. The Balaban J connectivity index is 1.54. The molecule has 49 heavy (non-hydrogen) atoms. The minimum Gasteiger partial charge on any atom is -0.476 e. The van der Waals surface area contributed by atoms with Crippen LogP contribution in [0.2, 0.25) is 0 Å². The monoisotopic (exact) mass is 710 g/mol. The third-order valence-corrected chi connectivity index (χ3v) is 10.7. The number of ether oxygens (including phenoxy) is 2. The summed E-state index contributed by atoms with van der Waals surface area (Å²) in [5, 5.41) is 40.5. The molecule has 2 aromatic heterocycles. The van der Waals surface area contributed by atoms with Crippen molar-refractivity contribution in [1.82, 2.24) is 30.4 Å². The van der Waals surface area contributed by atoms with Crippen LogP contribution in [0, 0.1) is 29.3 Å². The second kappa shape index (κ2) is 13.4. The number of aryl methyl sites for hydroxylation is 1. The topological polar surface area (TPSA) is 234 Å². The molecule has 0 aliphatic rings. The van der Waals surface area contributed by atoms with E-state index in [4.69, 9.17) is 9.47 Å². The maximum atomic E-state index is 13.3. The Kier molecular flexibility index (Phi) is 9.89. The van der Waals surface area contributed by atoms with E-state index in [1.165, 1.54) is 71.0 Å². The maximum absolute atomic E-state index is 13.3. The molecule has 0 aliphatic heterocycles. The number of H-pyrrole nitrogens is 1. The SMILES string of the molecule is Cc1cc(C#CS(=O)(=O)C(C)(C)C)ccc1Oc1nnn(CC(C)(C)S(=O)(=O)C#Cc2cccc(Oc3nn[nH]c3C(=O)O)c2)c1C(=O)O. The van der Waals surface area contributed by atoms with E-state index in [0.29, 0.717) is 11.1 Å². The van der Waals surface area contributed by atoms with Gasteiger partial charge in [0.2, 0.25) is 31.1 Å². The molecule has 16 nitrogen and oxygen atoms in total. The van der Waals surface area contributed by atoms with Crippen LogP contribution in [0.1, 0.15) is 72.3 Å². The third kappa shape index (κ3) is 8.23. The smallest absolute Gasteiger partial charge is 0.359 e. The predicted molar refractivity (Wildman–Crippen MR) is 174 cm³/mol. The van der Waals surface area contributed by atoms with Crippen LogP contribution in [0.4, 0.5) is 0 Å².